The number of hydrogen-bond acceptors (Lipinski definition) is 28. The molecule has 11 rings (SSSR count). The first-order valence-corrected chi connectivity index (χ1v) is 35.2. The Morgan fingerprint density at radius 3 is 1.05 bits per heavy atom. The van der Waals surface area contributed by atoms with Crippen LogP contribution in [0.5, 0.6) is 0 Å². The minimum atomic E-state index is -2.11. The van der Waals surface area contributed by atoms with Crippen molar-refractivity contribution in [3.63, 3.8) is 0 Å². The van der Waals surface area contributed by atoms with Crippen LogP contribution in [0.2, 0.25) is 0 Å². The minimum Gasteiger partial charge on any atom is -0.467 e. The van der Waals surface area contributed by atoms with E-state index in [4.69, 9.17) is 85.3 Å². The van der Waals surface area contributed by atoms with Crippen LogP contribution in [0.1, 0.15) is 33.4 Å². The van der Waals surface area contributed by atoms with Crippen molar-refractivity contribution < 1.29 is 120 Å². The molecule has 6 aromatic rings. The summed E-state index contributed by atoms with van der Waals surface area (Å²) in [5.41, 5.74) is 34.6. The molecular formula is C75H87N9O25. The van der Waals surface area contributed by atoms with Gasteiger partial charge in [0, 0.05) is 21.8 Å². The maximum absolute atomic E-state index is 14.7. The lowest BCUT2D eigenvalue weighted by Gasteiger charge is -2.51. The highest BCUT2D eigenvalue weighted by Gasteiger charge is 2.60. The Balaban J connectivity index is 0.927. The molecule has 5 aliphatic rings. The summed E-state index contributed by atoms with van der Waals surface area (Å²) in [4.78, 5) is 38.3. The van der Waals surface area contributed by atoms with E-state index < -0.39 is 185 Å². The third-order valence-corrected chi connectivity index (χ3v) is 19.0. The van der Waals surface area contributed by atoms with Crippen LogP contribution in [0.4, 0.5) is 0 Å². The zero-order valence-corrected chi connectivity index (χ0v) is 59.5. The summed E-state index contributed by atoms with van der Waals surface area (Å²) in [6, 6.07) is 48.8. The molecule has 10 unspecified atom stereocenters. The fraction of sp³-hybridized carbons (Fsp3) is 0.493. The Hall–Kier alpha value is -8.65. The number of nitrogens with zero attached hydrogens (tertiary/aromatic N) is 9. The maximum Gasteiger partial charge on any atom is 0.337 e. The normalized spacial score (nSPS) is 32.4. The number of rotatable bonds is 35. The summed E-state index contributed by atoms with van der Waals surface area (Å²) in [7, 11) is 3.40. The van der Waals surface area contributed by atoms with E-state index in [0.29, 0.717) is 22.3 Å². The average molecular weight is 1510 g/mol. The Morgan fingerprint density at radius 1 is 0.339 bits per heavy atom. The Kier molecular flexibility index (Phi) is 30.5. The second-order valence-corrected chi connectivity index (χ2v) is 25.8. The number of ether oxygens (including phenoxy) is 18. The van der Waals surface area contributed by atoms with Crippen molar-refractivity contribution in [3.05, 3.63) is 247 Å². The van der Waals surface area contributed by atoms with Crippen molar-refractivity contribution in [1.29, 1.82) is 0 Å². The molecule has 5 heterocycles. The van der Waals surface area contributed by atoms with Crippen molar-refractivity contribution in [2.45, 2.75) is 193 Å². The van der Waals surface area contributed by atoms with Gasteiger partial charge in [-0.05, 0) is 50.0 Å². The number of methoxy groups -OCH3 is 3. The lowest BCUT2D eigenvalue weighted by atomic mass is 9.93. The van der Waals surface area contributed by atoms with E-state index in [1.165, 1.54) is 7.11 Å². The minimum absolute atomic E-state index is 0.00805. The molecule has 582 valence electrons. The summed E-state index contributed by atoms with van der Waals surface area (Å²) in [6.07, 6.45) is -36.6. The number of benzene rings is 6. The number of aliphatic hydroxyl groups is 5. The zero-order valence-electron chi connectivity index (χ0n) is 59.5. The first-order valence-electron chi connectivity index (χ1n) is 35.2. The molecule has 5 saturated heterocycles. The molecular weight excluding hydrogens is 1430 g/mol. The van der Waals surface area contributed by atoms with Crippen molar-refractivity contribution in [1.82, 2.24) is 0 Å². The largest absolute Gasteiger partial charge is 0.467 e. The number of carbonyl (C=O) groups is 2. The van der Waals surface area contributed by atoms with E-state index in [1.807, 2.05) is 60.7 Å². The number of hydrogen-bond donors (Lipinski definition) is 5. The predicted molar refractivity (Wildman–Crippen MR) is 376 cm³/mol. The Morgan fingerprint density at radius 2 is 0.642 bits per heavy atom. The lowest BCUT2D eigenvalue weighted by Crippen LogP contribution is -2.69. The van der Waals surface area contributed by atoms with E-state index in [9.17, 15) is 51.7 Å². The number of carbonyl (C=O) groups excluding carboxylic acids is 2. The molecule has 25 atom stereocenters. The smallest absolute Gasteiger partial charge is 0.337 e. The molecule has 0 bridgehead atoms. The second kappa shape index (κ2) is 40.9. The quantitative estimate of drug-likeness (QED) is 0.0124. The fourth-order valence-electron chi connectivity index (χ4n) is 13.6. The maximum atomic E-state index is 14.7. The van der Waals surface area contributed by atoms with Crippen LogP contribution in [0.25, 0.3) is 31.3 Å². The van der Waals surface area contributed by atoms with E-state index in [1.54, 1.807) is 121 Å². The molecule has 34 nitrogen and oxygen atoms in total. The van der Waals surface area contributed by atoms with Gasteiger partial charge in [-0.2, -0.15) is 0 Å². The highest BCUT2D eigenvalue weighted by atomic mass is 16.8. The van der Waals surface area contributed by atoms with E-state index in [2.05, 4.69) is 30.1 Å². The molecule has 5 fully saturated rings. The fourth-order valence-corrected chi connectivity index (χ4v) is 13.6. The van der Waals surface area contributed by atoms with Gasteiger partial charge in [0.25, 0.3) is 0 Å². The van der Waals surface area contributed by atoms with Gasteiger partial charge in [0.2, 0.25) is 0 Å². The molecule has 0 aromatic heterocycles. The van der Waals surface area contributed by atoms with Crippen molar-refractivity contribution >= 4 is 11.9 Å². The highest BCUT2D eigenvalue weighted by molar-refractivity contribution is 5.76. The van der Waals surface area contributed by atoms with Crippen LogP contribution < -0.4 is 0 Å². The summed E-state index contributed by atoms with van der Waals surface area (Å²) < 4.78 is 115. The molecule has 0 aliphatic carbocycles. The zero-order chi connectivity index (χ0) is 76.6. The second-order valence-electron chi connectivity index (χ2n) is 25.8. The first kappa shape index (κ1) is 81.3. The Bertz CT molecular complexity index is 3910. The van der Waals surface area contributed by atoms with Gasteiger partial charge in [-0.1, -0.05) is 197 Å². The van der Waals surface area contributed by atoms with Gasteiger partial charge in [0.15, 0.2) is 43.7 Å². The van der Waals surface area contributed by atoms with Crippen LogP contribution in [0.15, 0.2) is 197 Å². The number of aliphatic hydroxyl groups excluding tert-OH is 5. The van der Waals surface area contributed by atoms with Gasteiger partial charge in [-0.3, -0.25) is 0 Å². The molecule has 0 saturated carbocycles. The summed E-state index contributed by atoms with van der Waals surface area (Å²) >= 11 is 0. The van der Waals surface area contributed by atoms with Gasteiger partial charge >= 0.3 is 11.9 Å². The van der Waals surface area contributed by atoms with Gasteiger partial charge in [0.05, 0.1) is 79.8 Å². The van der Waals surface area contributed by atoms with Gasteiger partial charge < -0.3 is 111 Å². The summed E-state index contributed by atoms with van der Waals surface area (Å²) in [5, 5.41) is 71.2. The van der Waals surface area contributed by atoms with Gasteiger partial charge in [0.1, 0.15) is 104 Å². The number of azide groups is 3. The summed E-state index contributed by atoms with van der Waals surface area (Å²) in [6.45, 7) is -3.29. The van der Waals surface area contributed by atoms with Crippen LogP contribution in [0, 0.1) is 0 Å². The van der Waals surface area contributed by atoms with E-state index in [-0.39, 0.29) is 39.6 Å². The first-order chi connectivity index (χ1) is 53.3. The molecule has 0 amide bonds. The number of esters is 2. The monoisotopic (exact) mass is 1510 g/mol. The standard InChI is InChI=1S/C75H87N9O25/c1-92-69(90)66-64(62(98-40-46-28-16-7-17-29-46)56(89)74(108-66)105-59-51(36-87)101-71(94-3)53(80-83-77)61(59)97-39-45-26-14-6-15-27-45)106-72-52(79-82-76)55(88)57(49(34-85)102-72)104-75-68(100-42-48-32-20-9-21-33-48)63(99-41-47-30-18-8-19-31-47)65(67(109-75)70(91)93-2)107-73-54(81-84-78)60(96-38-44-24-12-5-13-25-44)58(50(35-86)103-73)95-37-43-22-10-4-11-23-43/h4-33,49-68,71-75,85-89H,34-42H2,1-3H3/t49?,50?,51?,52?,53?,54?,55-,56?,57+,58+,59+,60-,61-,62+,63+,64-,65-,66?,67?,68?,71-,72+,73+,74-,75-/m1/s1. The van der Waals surface area contributed by atoms with Crippen molar-refractivity contribution in [2.24, 2.45) is 15.3 Å². The van der Waals surface area contributed by atoms with Crippen LogP contribution in [0.3, 0.4) is 0 Å². The van der Waals surface area contributed by atoms with Crippen LogP contribution in [-0.4, -0.2) is 232 Å². The molecule has 0 radical (unpaired) electrons. The Labute approximate surface area is 626 Å². The molecule has 5 N–H and O–H groups in total. The molecule has 109 heavy (non-hydrogen) atoms. The highest BCUT2D eigenvalue weighted by Crippen LogP contribution is 2.41. The molecule has 34 heteroatoms. The van der Waals surface area contributed by atoms with Gasteiger partial charge in [-0.15, -0.1) is 0 Å². The van der Waals surface area contributed by atoms with E-state index >= 15 is 0 Å². The predicted octanol–water partition coefficient (Wildman–Crippen LogP) is 6.39. The van der Waals surface area contributed by atoms with Crippen LogP contribution >= 0.6 is 0 Å². The molecule has 6 aromatic carbocycles. The average Bonchev–Trinajstić information content (AvgIpc) is 0.761. The van der Waals surface area contributed by atoms with Crippen molar-refractivity contribution in [2.75, 3.05) is 41.2 Å². The third-order valence-electron chi connectivity index (χ3n) is 19.0. The molecule has 0 spiro atoms. The third kappa shape index (κ3) is 20.5. The molecule has 5 aliphatic heterocycles. The van der Waals surface area contributed by atoms with E-state index in [0.717, 1.165) is 25.3 Å². The SMILES string of the molecule is COC(=O)C1O[C@@H](O[C@H]2C(CO)O[C@@H](O[C@H]3C(C(=O)OC)O[C@@H](O[C@H]4C(CO)O[C@@H](OC)C(N=[N+]=[N-])[C@H]4OCc4ccccc4)C(O)[C@@H]3OCc3ccccc3)C(N=[N+]=[N-])[C@H]2O)C(OCc2ccccc2)[C@@H](OCc2ccccc2)[C@H]1O[C@@H]1OC(CO)[C@H](OCc2ccccc2)[C@H](OCc2ccccc2)C1N=[N+]=[N-]. The lowest BCUT2D eigenvalue weighted by molar-refractivity contribution is -0.382. The topological polar surface area (TPSA) is 448 Å². The van der Waals surface area contributed by atoms with Gasteiger partial charge in [-0.25, -0.2) is 9.59 Å². The summed E-state index contributed by atoms with van der Waals surface area (Å²) in [5.74, 6) is -2.24. The van der Waals surface area contributed by atoms with Crippen molar-refractivity contribution in [3.8, 4) is 0 Å². The van der Waals surface area contributed by atoms with Crippen LogP contribution in [-0.2, 0) is 134 Å².